The van der Waals surface area contributed by atoms with Crippen molar-refractivity contribution in [3.63, 3.8) is 0 Å². The third-order valence-corrected chi connectivity index (χ3v) is 5.15. The van der Waals surface area contributed by atoms with E-state index in [1.807, 2.05) is 13.0 Å². The number of benzene rings is 1. The summed E-state index contributed by atoms with van der Waals surface area (Å²) in [5, 5.41) is 4.64. The van der Waals surface area contributed by atoms with E-state index in [1.165, 1.54) is 0 Å². The number of amides is 2. The number of carbonyl (C=O) groups excluding carboxylic acids is 2. The zero-order chi connectivity index (χ0) is 17.7. The molecule has 0 spiro atoms. The molecular weight excluding hydrogens is 345 g/mol. The first-order valence-electron chi connectivity index (χ1n) is 8.30. The Morgan fingerprint density at radius 3 is 2.80 bits per heavy atom. The molecule has 2 amide bonds. The molecule has 2 fully saturated rings. The Balaban J connectivity index is 1.68. The largest absolute Gasteiger partial charge is 0.310 e. The summed E-state index contributed by atoms with van der Waals surface area (Å²) in [6.45, 7) is 2.00. The minimum Gasteiger partial charge on any atom is -0.310 e. The van der Waals surface area contributed by atoms with Gasteiger partial charge in [0.05, 0.1) is 10.9 Å². The van der Waals surface area contributed by atoms with Crippen LogP contribution >= 0.6 is 11.6 Å². The van der Waals surface area contributed by atoms with E-state index in [0.29, 0.717) is 17.3 Å². The van der Waals surface area contributed by atoms with Crippen LogP contribution in [0.2, 0.25) is 5.02 Å². The lowest BCUT2D eigenvalue weighted by Gasteiger charge is -2.22. The summed E-state index contributed by atoms with van der Waals surface area (Å²) in [6, 6.07) is 5.46. The molecule has 2 heterocycles. The highest BCUT2D eigenvalue weighted by molar-refractivity contribution is 6.36. The molecule has 1 aromatic heterocycles. The van der Waals surface area contributed by atoms with Crippen LogP contribution in [-0.2, 0) is 9.59 Å². The molecular formula is C18H17ClFN3O2. The van der Waals surface area contributed by atoms with E-state index < -0.39 is 12.1 Å². The summed E-state index contributed by atoms with van der Waals surface area (Å²) >= 11 is 6.36. The van der Waals surface area contributed by atoms with E-state index in [2.05, 4.69) is 10.3 Å². The third kappa shape index (κ3) is 2.95. The topological polar surface area (TPSA) is 62.3 Å². The number of nitrogens with one attached hydrogen (secondary N) is 1. The molecule has 3 atom stereocenters. The lowest BCUT2D eigenvalue weighted by atomic mass is 10.1. The first kappa shape index (κ1) is 16.3. The molecule has 1 aliphatic heterocycles. The van der Waals surface area contributed by atoms with Gasteiger partial charge in [-0.3, -0.25) is 9.59 Å². The van der Waals surface area contributed by atoms with Gasteiger partial charge in [-0.25, -0.2) is 9.37 Å². The number of pyridine rings is 1. The Kier molecular flexibility index (Phi) is 3.87. The Morgan fingerprint density at radius 1 is 1.40 bits per heavy atom. The summed E-state index contributed by atoms with van der Waals surface area (Å²) in [5.41, 5.74) is 0.738. The minimum atomic E-state index is -1.05. The smallest absolute Gasteiger partial charge is 0.231 e. The molecule has 1 aliphatic carbocycles. The van der Waals surface area contributed by atoms with Crippen molar-refractivity contribution in [2.24, 2.45) is 5.92 Å². The molecule has 7 heteroatoms. The Bertz CT molecular complexity index is 888. The second-order valence-electron chi connectivity index (χ2n) is 6.72. The van der Waals surface area contributed by atoms with Gasteiger partial charge in [0, 0.05) is 29.7 Å². The first-order chi connectivity index (χ1) is 11.9. The fourth-order valence-electron chi connectivity index (χ4n) is 3.29. The van der Waals surface area contributed by atoms with Crippen molar-refractivity contribution in [2.45, 2.75) is 38.4 Å². The van der Waals surface area contributed by atoms with E-state index in [9.17, 15) is 14.0 Å². The molecule has 1 N–H and O–H groups in total. The lowest BCUT2D eigenvalue weighted by Crippen LogP contribution is -2.30. The van der Waals surface area contributed by atoms with Gasteiger partial charge < -0.3 is 10.2 Å². The van der Waals surface area contributed by atoms with E-state index in [-0.39, 0.29) is 24.3 Å². The number of anilines is 2. The molecule has 25 heavy (non-hydrogen) atoms. The second kappa shape index (κ2) is 5.95. The number of hydrogen-bond donors (Lipinski definition) is 1. The van der Waals surface area contributed by atoms with Crippen LogP contribution in [-0.4, -0.2) is 29.0 Å². The number of aromatic nitrogens is 1. The van der Waals surface area contributed by atoms with Crippen molar-refractivity contribution in [3.8, 4) is 0 Å². The van der Waals surface area contributed by atoms with Crippen LogP contribution in [0.25, 0.3) is 10.8 Å². The summed E-state index contributed by atoms with van der Waals surface area (Å²) in [5.74, 6) is -0.501. The highest BCUT2D eigenvalue weighted by atomic mass is 35.5. The fraction of sp³-hybridized carbons (Fsp3) is 0.389. The molecule has 5 nitrogen and oxygen atoms in total. The van der Waals surface area contributed by atoms with Crippen molar-refractivity contribution < 1.29 is 14.0 Å². The van der Waals surface area contributed by atoms with Crippen LogP contribution in [0, 0.1) is 5.92 Å². The number of rotatable bonds is 3. The van der Waals surface area contributed by atoms with E-state index in [1.54, 1.807) is 23.2 Å². The fourth-order valence-corrected chi connectivity index (χ4v) is 3.56. The van der Waals surface area contributed by atoms with Gasteiger partial charge in [-0.05, 0) is 43.4 Å². The predicted octanol–water partition coefficient (Wildman–Crippen LogP) is 3.70. The van der Waals surface area contributed by atoms with Gasteiger partial charge in [-0.2, -0.15) is 0 Å². The Morgan fingerprint density at radius 2 is 2.16 bits per heavy atom. The number of fused-ring (bicyclic) bond motifs is 1. The Hall–Kier alpha value is -2.21. The van der Waals surface area contributed by atoms with Crippen molar-refractivity contribution in [3.05, 3.63) is 29.4 Å². The molecule has 3 unspecified atom stereocenters. The van der Waals surface area contributed by atoms with Crippen molar-refractivity contribution >= 4 is 45.7 Å². The average Bonchev–Trinajstić information content (AvgIpc) is 3.20. The predicted molar refractivity (Wildman–Crippen MR) is 94.6 cm³/mol. The SMILES string of the molecule is CC1CCC(=O)N1c1cc(Cl)c2cnc(NC(=O)C3CC3F)cc2c1. The summed E-state index contributed by atoms with van der Waals surface area (Å²) in [6.07, 6.45) is 2.14. The number of carbonyl (C=O) groups is 2. The van der Waals surface area contributed by atoms with Crippen LogP contribution in [0.1, 0.15) is 26.2 Å². The molecule has 1 saturated heterocycles. The normalized spacial score (nSPS) is 25.5. The number of halogens is 2. The summed E-state index contributed by atoms with van der Waals surface area (Å²) < 4.78 is 13.0. The minimum absolute atomic E-state index is 0.0771. The van der Waals surface area contributed by atoms with Gasteiger partial charge in [0.2, 0.25) is 11.8 Å². The second-order valence-corrected chi connectivity index (χ2v) is 7.12. The molecule has 1 saturated carbocycles. The van der Waals surface area contributed by atoms with Gasteiger partial charge in [-0.15, -0.1) is 0 Å². The van der Waals surface area contributed by atoms with Gasteiger partial charge in [0.1, 0.15) is 12.0 Å². The highest BCUT2D eigenvalue weighted by Crippen LogP contribution is 2.36. The number of nitrogens with zero attached hydrogens (tertiary/aromatic N) is 2. The van der Waals surface area contributed by atoms with Crippen LogP contribution in [0.15, 0.2) is 24.4 Å². The zero-order valence-electron chi connectivity index (χ0n) is 13.6. The maximum absolute atomic E-state index is 13.0. The first-order valence-corrected chi connectivity index (χ1v) is 8.68. The van der Waals surface area contributed by atoms with Crippen LogP contribution in [0.5, 0.6) is 0 Å². The number of alkyl halides is 1. The van der Waals surface area contributed by atoms with Crippen molar-refractivity contribution in [1.29, 1.82) is 0 Å². The lowest BCUT2D eigenvalue weighted by molar-refractivity contribution is -0.118. The molecule has 1 aromatic carbocycles. The monoisotopic (exact) mass is 361 g/mol. The Labute approximate surface area is 149 Å². The molecule has 0 bridgehead atoms. The molecule has 4 rings (SSSR count). The molecule has 130 valence electrons. The van der Waals surface area contributed by atoms with Crippen LogP contribution < -0.4 is 10.2 Å². The molecule has 2 aromatic rings. The maximum Gasteiger partial charge on any atom is 0.231 e. The number of hydrogen-bond acceptors (Lipinski definition) is 3. The van der Waals surface area contributed by atoms with Gasteiger partial charge >= 0.3 is 0 Å². The average molecular weight is 362 g/mol. The van der Waals surface area contributed by atoms with Gasteiger partial charge in [0.25, 0.3) is 0 Å². The van der Waals surface area contributed by atoms with E-state index in [4.69, 9.17) is 11.6 Å². The zero-order valence-corrected chi connectivity index (χ0v) is 14.4. The quantitative estimate of drug-likeness (QED) is 0.906. The standard InChI is InChI=1S/C18H17ClFN3O2/c1-9-2-3-17(24)23(9)11-4-10-5-16(21-8-13(10)14(19)6-11)22-18(25)12-7-15(12)20/h4-6,8-9,12,15H,2-3,7H2,1H3,(H,21,22,25). The molecule has 2 aliphatic rings. The van der Waals surface area contributed by atoms with Crippen molar-refractivity contribution in [1.82, 2.24) is 4.98 Å². The van der Waals surface area contributed by atoms with Crippen LogP contribution in [0.3, 0.4) is 0 Å². The van der Waals surface area contributed by atoms with Crippen LogP contribution in [0.4, 0.5) is 15.9 Å². The summed E-state index contributed by atoms with van der Waals surface area (Å²) in [7, 11) is 0. The maximum atomic E-state index is 13.0. The van der Waals surface area contributed by atoms with E-state index in [0.717, 1.165) is 22.9 Å². The highest BCUT2D eigenvalue weighted by Gasteiger charge is 2.43. The van der Waals surface area contributed by atoms with Crippen molar-refractivity contribution in [2.75, 3.05) is 10.2 Å². The van der Waals surface area contributed by atoms with E-state index >= 15 is 0 Å². The summed E-state index contributed by atoms with van der Waals surface area (Å²) in [4.78, 5) is 29.9. The van der Waals surface area contributed by atoms with Gasteiger partial charge in [-0.1, -0.05) is 11.6 Å². The molecule has 0 radical (unpaired) electrons. The third-order valence-electron chi connectivity index (χ3n) is 4.84. The van der Waals surface area contributed by atoms with Gasteiger partial charge in [0.15, 0.2) is 0 Å².